The number of carbonyl (C=O) groups excluding carboxylic acids is 1. The molecule has 0 spiro atoms. The fraction of sp³-hybridized carbons (Fsp3) is 0.300. The van der Waals surface area contributed by atoms with Gasteiger partial charge in [0.15, 0.2) is 5.78 Å². The number of nitrogens with one attached hydrogen (secondary N) is 1. The molecule has 0 radical (unpaired) electrons. The van der Waals surface area contributed by atoms with Gasteiger partial charge >= 0.3 is 0 Å². The summed E-state index contributed by atoms with van der Waals surface area (Å²) in [6, 6.07) is 3.86. The van der Waals surface area contributed by atoms with Gasteiger partial charge in [0, 0.05) is 17.8 Å². The van der Waals surface area contributed by atoms with Gasteiger partial charge in [0.1, 0.15) is 0 Å². The molecule has 1 aromatic heterocycles. The summed E-state index contributed by atoms with van der Waals surface area (Å²) in [5.41, 5.74) is 0.990. The Labute approximate surface area is 71.3 Å². The summed E-state index contributed by atoms with van der Waals surface area (Å²) >= 11 is 0. The molecule has 0 amide bonds. The van der Waals surface area contributed by atoms with E-state index in [-0.39, 0.29) is 5.78 Å². The molecule has 1 saturated carbocycles. The summed E-state index contributed by atoms with van der Waals surface area (Å²) < 4.78 is 0. The Morgan fingerprint density at radius 3 is 3.00 bits per heavy atom. The van der Waals surface area contributed by atoms with Crippen LogP contribution in [0.1, 0.15) is 18.5 Å². The summed E-state index contributed by atoms with van der Waals surface area (Å²) in [6.45, 7) is 0. The van der Waals surface area contributed by atoms with Crippen LogP contribution in [-0.4, -0.2) is 10.8 Å². The fourth-order valence-corrected chi connectivity index (χ4v) is 1.12. The number of H-pyrrole nitrogens is 1. The molecule has 62 valence electrons. The average molecular weight is 161 g/mol. The molecular formula is C10H11NO. The Morgan fingerprint density at radius 1 is 1.58 bits per heavy atom. The number of ketones is 1. The smallest absolute Gasteiger partial charge is 0.158 e. The lowest BCUT2D eigenvalue weighted by atomic mass is 10.2. The van der Waals surface area contributed by atoms with Gasteiger partial charge in [-0.2, -0.15) is 0 Å². The van der Waals surface area contributed by atoms with Gasteiger partial charge in [0.2, 0.25) is 0 Å². The van der Waals surface area contributed by atoms with Crippen LogP contribution in [0.25, 0.3) is 6.08 Å². The maximum absolute atomic E-state index is 11.2. The van der Waals surface area contributed by atoms with Gasteiger partial charge in [-0.3, -0.25) is 4.79 Å². The second-order valence-corrected chi connectivity index (χ2v) is 3.14. The first-order chi connectivity index (χ1) is 5.86. The lowest BCUT2D eigenvalue weighted by Crippen LogP contribution is -1.93. The minimum absolute atomic E-state index is 0.268. The molecule has 0 bridgehead atoms. The Balaban J connectivity index is 1.97. The van der Waals surface area contributed by atoms with Crippen LogP contribution in [-0.2, 0) is 4.79 Å². The lowest BCUT2D eigenvalue weighted by Gasteiger charge is -1.86. The van der Waals surface area contributed by atoms with E-state index in [2.05, 4.69) is 4.98 Å². The van der Waals surface area contributed by atoms with Gasteiger partial charge in [-0.25, -0.2) is 0 Å². The molecule has 1 heterocycles. The summed E-state index contributed by atoms with van der Waals surface area (Å²) in [4.78, 5) is 14.2. The summed E-state index contributed by atoms with van der Waals surface area (Å²) in [7, 11) is 0. The zero-order valence-electron chi connectivity index (χ0n) is 6.79. The topological polar surface area (TPSA) is 32.9 Å². The van der Waals surface area contributed by atoms with Crippen molar-refractivity contribution < 1.29 is 4.79 Å². The van der Waals surface area contributed by atoms with E-state index in [4.69, 9.17) is 0 Å². The predicted octanol–water partition coefficient (Wildman–Crippen LogP) is 2.01. The molecule has 0 saturated heterocycles. The standard InChI is InChI=1S/C10H11NO/c12-10(8-3-4-8)6-5-9-2-1-7-11-9/h1-2,5-8,11H,3-4H2/b6-5+. The van der Waals surface area contributed by atoms with E-state index < -0.39 is 0 Å². The molecule has 2 rings (SSSR count). The van der Waals surface area contributed by atoms with E-state index >= 15 is 0 Å². The van der Waals surface area contributed by atoms with Crippen LogP contribution in [0.15, 0.2) is 24.4 Å². The van der Waals surface area contributed by atoms with Crippen molar-refractivity contribution in [1.29, 1.82) is 0 Å². The Kier molecular flexibility index (Phi) is 1.82. The van der Waals surface area contributed by atoms with Crippen LogP contribution in [0.3, 0.4) is 0 Å². The third-order valence-corrected chi connectivity index (χ3v) is 2.03. The highest BCUT2D eigenvalue weighted by atomic mass is 16.1. The van der Waals surface area contributed by atoms with Gasteiger partial charge < -0.3 is 4.98 Å². The van der Waals surface area contributed by atoms with E-state index in [1.165, 1.54) is 0 Å². The first-order valence-electron chi connectivity index (χ1n) is 4.21. The summed E-state index contributed by atoms with van der Waals surface area (Å²) in [5, 5.41) is 0. The molecule has 0 atom stereocenters. The van der Waals surface area contributed by atoms with E-state index in [1.807, 2.05) is 24.4 Å². The van der Waals surface area contributed by atoms with Gasteiger partial charge in [-0.1, -0.05) is 0 Å². The molecule has 2 nitrogen and oxygen atoms in total. The van der Waals surface area contributed by atoms with Crippen molar-refractivity contribution >= 4 is 11.9 Å². The number of carbonyl (C=O) groups is 1. The molecule has 1 aromatic rings. The van der Waals surface area contributed by atoms with Gasteiger partial charge in [-0.05, 0) is 37.1 Å². The molecule has 1 aliphatic rings. The Hall–Kier alpha value is -1.31. The molecule has 0 unspecified atom stereocenters. The highest BCUT2D eigenvalue weighted by Gasteiger charge is 2.27. The minimum atomic E-state index is 0.268. The SMILES string of the molecule is O=C(/C=C/c1ccc[nH]1)C1CC1. The van der Waals surface area contributed by atoms with Crippen molar-refractivity contribution in [3.8, 4) is 0 Å². The van der Waals surface area contributed by atoms with Crippen LogP contribution in [0.4, 0.5) is 0 Å². The maximum Gasteiger partial charge on any atom is 0.158 e. The fourth-order valence-electron chi connectivity index (χ4n) is 1.12. The van der Waals surface area contributed by atoms with Gasteiger partial charge in [-0.15, -0.1) is 0 Å². The zero-order valence-corrected chi connectivity index (χ0v) is 6.79. The van der Waals surface area contributed by atoms with Crippen molar-refractivity contribution in [3.05, 3.63) is 30.1 Å². The van der Waals surface area contributed by atoms with Crippen molar-refractivity contribution in [3.63, 3.8) is 0 Å². The van der Waals surface area contributed by atoms with Crippen LogP contribution in [0.2, 0.25) is 0 Å². The molecule has 1 aliphatic carbocycles. The first kappa shape index (κ1) is 7.35. The zero-order chi connectivity index (χ0) is 8.39. The third kappa shape index (κ3) is 1.64. The Morgan fingerprint density at radius 2 is 2.42 bits per heavy atom. The number of aromatic amines is 1. The highest BCUT2D eigenvalue weighted by molar-refractivity contribution is 5.96. The lowest BCUT2D eigenvalue weighted by molar-refractivity contribution is -0.115. The summed E-state index contributed by atoms with van der Waals surface area (Å²) in [6.07, 6.45) is 7.51. The first-order valence-corrected chi connectivity index (χ1v) is 4.21. The monoisotopic (exact) mass is 161 g/mol. The normalized spacial score (nSPS) is 17.0. The maximum atomic E-state index is 11.2. The number of aromatic nitrogens is 1. The number of rotatable bonds is 3. The number of hydrogen-bond donors (Lipinski definition) is 1. The second kappa shape index (κ2) is 2.97. The van der Waals surface area contributed by atoms with E-state index in [0.29, 0.717) is 5.92 Å². The molecule has 0 aliphatic heterocycles. The van der Waals surface area contributed by atoms with Crippen LogP contribution in [0.5, 0.6) is 0 Å². The molecule has 2 heteroatoms. The number of allylic oxidation sites excluding steroid dienone is 1. The van der Waals surface area contributed by atoms with Crippen molar-refractivity contribution in [1.82, 2.24) is 4.98 Å². The van der Waals surface area contributed by atoms with Gasteiger partial charge in [0.25, 0.3) is 0 Å². The largest absolute Gasteiger partial charge is 0.362 e. The van der Waals surface area contributed by atoms with Crippen LogP contribution < -0.4 is 0 Å². The molecule has 1 fully saturated rings. The average Bonchev–Trinajstić information content (AvgIpc) is 2.80. The van der Waals surface area contributed by atoms with E-state index in [1.54, 1.807) is 6.08 Å². The van der Waals surface area contributed by atoms with Crippen molar-refractivity contribution in [2.24, 2.45) is 5.92 Å². The van der Waals surface area contributed by atoms with E-state index in [0.717, 1.165) is 18.5 Å². The van der Waals surface area contributed by atoms with Crippen LogP contribution in [0, 0.1) is 5.92 Å². The molecule has 0 aromatic carbocycles. The molecule has 1 N–H and O–H groups in total. The highest BCUT2D eigenvalue weighted by Crippen LogP contribution is 2.30. The Bertz CT molecular complexity index is 294. The van der Waals surface area contributed by atoms with Crippen molar-refractivity contribution in [2.45, 2.75) is 12.8 Å². The van der Waals surface area contributed by atoms with E-state index in [9.17, 15) is 4.79 Å². The second-order valence-electron chi connectivity index (χ2n) is 3.14. The molecule has 12 heavy (non-hydrogen) atoms. The summed E-state index contributed by atoms with van der Waals surface area (Å²) in [5.74, 6) is 0.598. The minimum Gasteiger partial charge on any atom is -0.362 e. The third-order valence-electron chi connectivity index (χ3n) is 2.03. The molecular weight excluding hydrogens is 150 g/mol. The van der Waals surface area contributed by atoms with Gasteiger partial charge in [0.05, 0.1) is 0 Å². The quantitative estimate of drug-likeness (QED) is 0.676. The predicted molar refractivity (Wildman–Crippen MR) is 47.6 cm³/mol. The van der Waals surface area contributed by atoms with Crippen molar-refractivity contribution in [2.75, 3.05) is 0 Å². The number of hydrogen-bond acceptors (Lipinski definition) is 1. The van der Waals surface area contributed by atoms with Crippen LogP contribution >= 0.6 is 0 Å².